The molecule has 4 atom stereocenters. The van der Waals surface area contributed by atoms with E-state index in [-0.39, 0.29) is 17.3 Å². The molecule has 1 aromatic rings. The van der Waals surface area contributed by atoms with Gasteiger partial charge in [-0.1, -0.05) is 12.2 Å². The van der Waals surface area contributed by atoms with Crippen LogP contribution in [-0.2, 0) is 16.7 Å². The minimum Gasteiger partial charge on any atom is -0.504 e. The van der Waals surface area contributed by atoms with Gasteiger partial charge in [-0.15, -0.1) is 0 Å². The van der Waals surface area contributed by atoms with Crippen molar-refractivity contribution in [1.29, 1.82) is 0 Å². The summed E-state index contributed by atoms with van der Waals surface area (Å²) in [6.45, 7) is 1.87. The van der Waals surface area contributed by atoms with E-state index in [1.165, 1.54) is 5.56 Å². The Morgan fingerprint density at radius 3 is 2.70 bits per heavy atom. The first kappa shape index (κ1) is 14.8. The Labute approximate surface area is 136 Å². The second-order valence-corrected chi connectivity index (χ2v) is 6.63. The van der Waals surface area contributed by atoms with Crippen LogP contribution in [0.25, 0.3) is 0 Å². The fraction of sp³-hybridized carbons (Fsp3) is 0.556. The molecule has 1 saturated heterocycles. The fourth-order valence-corrected chi connectivity index (χ4v) is 4.73. The summed E-state index contributed by atoms with van der Waals surface area (Å²) >= 11 is 0. The molecule has 2 aliphatic heterocycles. The van der Waals surface area contributed by atoms with Crippen LogP contribution in [0, 0.1) is 0 Å². The maximum atomic E-state index is 10.4. The van der Waals surface area contributed by atoms with Crippen molar-refractivity contribution in [3.05, 3.63) is 29.3 Å². The predicted molar refractivity (Wildman–Crippen MR) is 86.3 cm³/mol. The van der Waals surface area contributed by atoms with Crippen LogP contribution in [0.1, 0.15) is 24.0 Å². The molecule has 5 nitrogen and oxygen atoms in total. The van der Waals surface area contributed by atoms with Gasteiger partial charge in [0.15, 0.2) is 11.5 Å². The number of phenolic OH excluding ortho intramolecular Hbond substituents is 1. The second-order valence-electron chi connectivity index (χ2n) is 6.63. The lowest BCUT2D eigenvalue weighted by atomic mass is 9.66. The lowest BCUT2D eigenvalue weighted by molar-refractivity contribution is 0.0743. The van der Waals surface area contributed by atoms with Crippen LogP contribution in [0.2, 0.25) is 0 Å². The van der Waals surface area contributed by atoms with Gasteiger partial charge in [0.05, 0.1) is 20.3 Å². The molecule has 5 heteroatoms. The first-order valence-corrected chi connectivity index (χ1v) is 8.08. The van der Waals surface area contributed by atoms with Crippen molar-refractivity contribution in [1.82, 2.24) is 4.90 Å². The smallest absolute Gasteiger partial charge is 0.203 e. The molecule has 0 amide bonds. The zero-order valence-electron chi connectivity index (χ0n) is 13.8. The van der Waals surface area contributed by atoms with Crippen molar-refractivity contribution in [3.63, 3.8) is 0 Å². The van der Waals surface area contributed by atoms with Crippen molar-refractivity contribution in [2.45, 2.75) is 36.9 Å². The first-order valence-electron chi connectivity index (χ1n) is 8.08. The molecule has 1 fully saturated rings. The van der Waals surface area contributed by atoms with E-state index in [0.717, 1.165) is 31.5 Å². The van der Waals surface area contributed by atoms with Crippen molar-refractivity contribution >= 4 is 0 Å². The van der Waals surface area contributed by atoms with Gasteiger partial charge in [0, 0.05) is 37.2 Å². The average molecular weight is 317 g/mol. The summed E-state index contributed by atoms with van der Waals surface area (Å²) in [5.41, 5.74) is 2.26. The standard InChI is InChI=1S/C18H23NO4/c1-21-11-4-5-18-6-7-19(15(18)8-11)10-12-13(18)9-14(20)17(23-3)16(12)22-2/h4-5,9,11,15,20H,6-8,10H2,1-3H3/t11-,15-,18-/m1/s1. The number of ether oxygens (including phenoxy) is 3. The summed E-state index contributed by atoms with van der Waals surface area (Å²) in [6, 6.07) is 2.30. The van der Waals surface area contributed by atoms with Crippen LogP contribution in [0.3, 0.4) is 0 Å². The Morgan fingerprint density at radius 2 is 2.00 bits per heavy atom. The highest BCUT2D eigenvalue weighted by molar-refractivity contribution is 5.63. The SMILES string of the molecule is COc1c(O)cc2c(c1OC)CN1CC[C@]23C=C[C@@H](OC)C[C@@H]13. The van der Waals surface area contributed by atoms with Crippen LogP contribution < -0.4 is 9.47 Å². The van der Waals surface area contributed by atoms with E-state index in [1.54, 1.807) is 21.3 Å². The molecule has 0 saturated carbocycles. The number of aromatic hydroxyl groups is 1. The van der Waals surface area contributed by atoms with Crippen molar-refractivity contribution < 1.29 is 19.3 Å². The van der Waals surface area contributed by atoms with Crippen molar-refractivity contribution in [2.75, 3.05) is 27.9 Å². The van der Waals surface area contributed by atoms with E-state index in [0.29, 0.717) is 17.5 Å². The number of methoxy groups -OCH3 is 3. The Bertz CT molecular complexity index is 671. The highest BCUT2D eigenvalue weighted by Gasteiger charge is 2.54. The van der Waals surface area contributed by atoms with Crippen molar-refractivity contribution in [3.8, 4) is 17.2 Å². The summed E-state index contributed by atoms with van der Waals surface area (Å²) in [7, 11) is 4.96. The summed E-state index contributed by atoms with van der Waals surface area (Å²) in [5.74, 6) is 1.24. The van der Waals surface area contributed by atoms with Crippen LogP contribution >= 0.6 is 0 Å². The lowest BCUT2D eigenvalue weighted by Gasteiger charge is -2.46. The number of fused-ring (bicyclic) bond motifs is 1. The normalized spacial score (nSPS) is 34.0. The molecule has 1 unspecified atom stereocenters. The lowest BCUT2D eigenvalue weighted by Crippen LogP contribution is -2.49. The predicted octanol–water partition coefficient (Wildman–Crippen LogP) is 2.21. The molecule has 4 rings (SSSR count). The molecule has 1 aliphatic carbocycles. The van der Waals surface area contributed by atoms with E-state index in [2.05, 4.69) is 17.1 Å². The quantitative estimate of drug-likeness (QED) is 0.866. The minimum atomic E-state index is -0.0559. The molecular formula is C18H23NO4. The number of nitrogens with zero attached hydrogens (tertiary/aromatic N) is 1. The van der Waals surface area contributed by atoms with Gasteiger partial charge in [0.2, 0.25) is 5.75 Å². The Morgan fingerprint density at radius 1 is 1.22 bits per heavy atom. The topological polar surface area (TPSA) is 51.2 Å². The van der Waals surface area contributed by atoms with Gasteiger partial charge in [-0.2, -0.15) is 0 Å². The first-order chi connectivity index (χ1) is 11.1. The van der Waals surface area contributed by atoms with Crippen LogP contribution in [0.5, 0.6) is 17.2 Å². The summed E-state index contributed by atoms with van der Waals surface area (Å²) < 4.78 is 16.5. The molecule has 0 radical (unpaired) electrons. The molecule has 23 heavy (non-hydrogen) atoms. The summed E-state index contributed by atoms with van der Waals surface area (Å²) in [6.07, 6.45) is 6.68. The molecule has 1 aromatic carbocycles. The van der Waals surface area contributed by atoms with E-state index < -0.39 is 0 Å². The van der Waals surface area contributed by atoms with Crippen LogP contribution in [-0.4, -0.2) is 50.0 Å². The Balaban J connectivity index is 1.93. The molecule has 0 spiro atoms. The number of benzene rings is 1. The zero-order chi connectivity index (χ0) is 16.2. The molecule has 2 bridgehead atoms. The third kappa shape index (κ3) is 1.86. The number of rotatable bonds is 3. The van der Waals surface area contributed by atoms with Crippen molar-refractivity contribution in [2.24, 2.45) is 0 Å². The Kier molecular flexibility index (Phi) is 3.32. The maximum absolute atomic E-state index is 10.4. The van der Waals surface area contributed by atoms with E-state index in [9.17, 15) is 5.11 Å². The maximum Gasteiger partial charge on any atom is 0.203 e. The number of phenols is 1. The van der Waals surface area contributed by atoms with Gasteiger partial charge in [-0.05, 0) is 24.5 Å². The van der Waals surface area contributed by atoms with Crippen LogP contribution in [0.15, 0.2) is 18.2 Å². The molecular weight excluding hydrogens is 294 g/mol. The highest BCUT2D eigenvalue weighted by atomic mass is 16.5. The monoisotopic (exact) mass is 317 g/mol. The second kappa shape index (κ2) is 5.14. The number of hydrogen-bond acceptors (Lipinski definition) is 5. The largest absolute Gasteiger partial charge is 0.504 e. The minimum absolute atomic E-state index is 0.0559. The molecule has 1 N–H and O–H groups in total. The summed E-state index contributed by atoms with van der Waals surface area (Å²) in [4.78, 5) is 2.51. The summed E-state index contributed by atoms with van der Waals surface area (Å²) in [5, 5.41) is 10.4. The molecule has 0 aromatic heterocycles. The molecule has 2 heterocycles. The van der Waals surface area contributed by atoms with Gasteiger partial charge >= 0.3 is 0 Å². The third-order valence-electron chi connectivity index (χ3n) is 5.80. The molecule has 3 aliphatic rings. The van der Waals surface area contributed by atoms with E-state index in [4.69, 9.17) is 14.2 Å². The fourth-order valence-electron chi connectivity index (χ4n) is 4.73. The highest BCUT2D eigenvalue weighted by Crippen LogP contribution is 2.56. The third-order valence-corrected chi connectivity index (χ3v) is 5.80. The molecule has 124 valence electrons. The van der Waals surface area contributed by atoms with Gasteiger partial charge in [-0.25, -0.2) is 0 Å². The van der Waals surface area contributed by atoms with Gasteiger partial charge in [0.25, 0.3) is 0 Å². The van der Waals surface area contributed by atoms with Gasteiger partial charge < -0.3 is 19.3 Å². The Hall–Kier alpha value is -1.72. The van der Waals surface area contributed by atoms with Gasteiger partial charge in [-0.3, -0.25) is 4.90 Å². The zero-order valence-corrected chi connectivity index (χ0v) is 13.8. The van der Waals surface area contributed by atoms with Crippen LogP contribution in [0.4, 0.5) is 0 Å². The number of hydrogen-bond donors (Lipinski definition) is 1. The average Bonchev–Trinajstić information content (AvgIpc) is 2.86. The van der Waals surface area contributed by atoms with Gasteiger partial charge in [0.1, 0.15) is 0 Å². The van der Waals surface area contributed by atoms with E-state index >= 15 is 0 Å². The van der Waals surface area contributed by atoms with E-state index in [1.807, 2.05) is 6.07 Å².